The van der Waals surface area contributed by atoms with Crippen molar-refractivity contribution >= 4 is 23.5 Å². The number of nitrogens with one attached hydrogen (secondary N) is 1. The van der Waals surface area contributed by atoms with Gasteiger partial charge in [0.2, 0.25) is 0 Å². The summed E-state index contributed by atoms with van der Waals surface area (Å²) < 4.78 is 5.30. The van der Waals surface area contributed by atoms with Gasteiger partial charge in [-0.25, -0.2) is 0 Å². The molecule has 0 fully saturated rings. The molecule has 4 nitrogen and oxygen atoms in total. The summed E-state index contributed by atoms with van der Waals surface area (Å²) >= 11 is 1.42. The fraction of sp³-hybridized carbons (Fsp3) is 0.200. The monoisotopic (exact) mass is 221 g/mol. The number of benzene rings is 1. The first-order valence-electron chi connectivity index (χ1n) is 4.49. The predicted octanol–water partition coefficient (Wildman–Crippen LogP) is 2.84. The lowest BCUT2D eigenvalue weighted by Crippen LogP contribution is -1.89. The second-order valence-electron chi connectivity index (χ2n) is 3.07. The molecule has 15 heavy (non-hydrogen) atoms. The molecule has 0 bridgehead atoms. The molecule has 1 aromatic heterocycles. The molecule has 78 valence electrons. The summed E-state index contributed by atoms with van der Waals surface area (Å²) in [6.07, 6.45) is 1.89. The van der Waals surface area contributed by atoms with Crippen LogP contribution in [0.3, 0.4) is 0 Å². The molecule has 1 heterocycles. The maximum Gasteiger partial charge on any atom is 0.320 e. The molecular formula is C10H11N3OS. The van der Waals surface area contributed by atoms with Crippen LogP contribution in [0, 0.1) is 6.92 Å². The average molecular weight is 221 g/mol. The average Bonchev–Trinajstić information content (AvgIpc) is 2.69. The quantitative estimate of drug-likeness (QED) is 0.808. The van der Waals surface area contributed by atoms with E-state index in [0.29, 0.717) is 11.2 Å². The number of hydrogen-bond acceptors (Lipinski definition) is 5. The van der Waals surface area contributed by atoms with Gasteiger partial charge >= 0.3 is 6.01 Å². The highest BCUT2D eigenvalue weighted by Gasteiger charge is 2.03. The fourth-order valence-corrected chi connectivity index (χ4v) is 1.39. The van der Waals surface area contributed by atoms with Crippen LogP contribution in [0.5, 0.6) is 0 Å². The summed E-state index contributed by atoms with van der Waals surface area (Å²) in [5.41, 5.74) is 2.16. The van der Waals surface area contributed by atoms with Gasteiger partial charge < -0.3 is 9.73 Å². The molecule has 0 spiro atoms. The van der Waals surface area contributed by atoms with Crippen molar-refractivity contribution in [3.05, 3.63) is 29.8 Å². The van der Waals surface area contributed by atoms with Crippen LogP contribution in [0.25, 0.3) is 0 Å². The van der Waals surface area contributed by atoms with Gasteiger partial charge in [0.1, 0.15) is 0 Å². The van der Waals surface area contributed by atoms with Gasteiger partial charge in [-0.1, -0.05) is 39.7 Å². The Hall–Kier alpha value is -1.49. The Balaban J connectivity index is 2.11. The minimum absolute atomic E-state index is 0.420. The van der Waals surface area contributed by atoms with Crippen molar-refractivity contribution in [1.82, 2.24) is 10.2 Å². The standard InChI is InChI=1S/C10H11N3OS/c1-7-3-5-8(6-4-7)11-9-12-13-10(14-9)15-2/h3-6H,1-2H3,(H,11,12). The molecule has 0 aliphatic heterocycles. The normalized spacial score (nSPS) is 10.3. The molecule has 2 rings (SSSR count). The Labute approximate surface area is 92.1 Å². The molecule has 1 N–H and O–H groups in total. The van der Waals surface area contributed by atoms with E-state index >= 15 is 0 Å². The van der Waals surface area contributed by atoms with E-state index in [4.69, 9.17) is 4.42 Å². The Kier molecular flexibility index (Phi) is 2.91. The fourth-order valence-electron chi connectivity index (χ4n) is 1.10. The summed E-state index contributed by atoms with van der Waals surface area (Å²) in [4.78, 5) is 0. The minimum atomic E-state index is 0.420. The van der Waals surface area contributed by atoms with Crippen LogP contribution >= 0.6 is 11.8 Å². The van der Waals surface area contributed by atoms with Gasteiger partial charge in [0.05, 0.1) is 0 Å². The Morgan fingerprint density at radius 1 is 1.20 bits per heavy atom. The maximum atomic E-state index is 5.30. The van der Waals surface area contributed by atoms with Gasteiger partial charge in [-0.15, -0.1) is 0 Å². The van der Waals surface area contributed by atoms with Crippen molar-refractivity contribution in [1.29, 1.82) is 0 Å². The van der Waals surface area contributed by atoms with Gasteiger partial charge in [0, 0.05) is 5.69 Å². The number of aryl methyl sites for hydroxylation is 1. The lowest BCUT2D eigenvalue weighted by Gasteiger charge is -2.00. The Bertz CT molecular complexity index is 438. The van der Waals surface area contributed by atoms with Crippen molar-refractivity contribution in [2.24, 2.45) is 0 Å². The van der Waals surface area contributed by atoms with Crippen molar-refractivity contribution in [2.75, 3.05) is 11.6 Å². The first-order valence-corrected chi connectivity index (χ1v) is 5.71. The van der Waals surface area contributed by atoms with Gasteiger partial charge in [0.15, 0.2) is 0 Å². The van der Waals surface area contributed by atoms with E-state index in [1.807, 2.05) is 37.4 Å². The Morgan fingerprint density at radius 3 is 2.53 bits per heavy atom. The van der Waals surface area contributed by atoms with Crippen LogP contribution in [0.4, 0.5) is 11.7 Å². The van der Waals surface area contributed by atoms with Crippen LogP contribution in [0.2, 0.25) is 0 Å². The molecule has 0 saturated carbocycles. The zero-order chi connectivity index (χ0) is 10.7. The van der Waals surface area contributed by atoms with Crippen molar-refractivity contribution in [3.8, 4) is 0 Å². The van der Waals surface area contributed by atoms with E-state index in [1.54, 1.807) is 0 Å². The third-order valence-corrected chi connectivity index (χ3v) is 2.40. The van der Waals surface area contributed by atoms with E-state index in [9.17, 15) is 0 Å². The van der Waals surface area contributed by atoms with Gasteiger partial charge in [-0.3, -0.25) is 0 Å². The van der Waals surface area contributed by atoms with Crippen LogP contribution in [-0.4, -0.2) is 16.5 Å². The lowest BCUT2D eigenvalue weighted by atomic mass is 10.2. The molecule has 2 aromatic rings. The van der Waals surface area contributed by atoms with Crippen LogP contribution in [0.15, 0.2) is 33.9 Å². The van der Waals surface area contributed by atoms with Crippen LogP contribution in [-0.2, 0) is 0 Å². The lowest BCUT2D eigenvalue weighted by molar-refractivity contribution is 0.469. The van der Waals surface area contributed by atoms with Crippen LogP contribution in [0.1, 0.15) is 5.56 Å². The van der Waals surface area contributed by atoms with E-state index in [-0.39, 0.29) is 0 Å². The molecular weight excluding hydrogens is 210 g/mol. The first-order chi connectivity index (χ1) is 7.28. The number of thioether (sulfide) groups is 1. The number of hydrogen-bond donors (Lipinski definition) is 1. The topological polar surface area (TPSA) is 51.0 Å². The highest BCUT2D eigenvalue weighted by atomic mass is 32.2. The van der Waals surface area contributed by atoms with Gasteiger partial charge in [-0.2, -0.15) is 0 Å². The molecule has 1 aromatic carbocycles. The van der Waals surface area contributed by atoms with Crippen LogP contribution < -0.4 is 5.32 Å². The predicted molar refractivity (Wildman–Crippen MR) is 60.5 cm³/mol. The molecule has 0 aliphatic carbocycles. The van der Waals surface area contributed by atoms with E-state index in [0.717, 1.165) is 5.69 Å². The zero-order valence-electron chi connectivity index (χ0n) is 8.52. The first kappa shape index (κ1) is 10.0. The van der Waals surface area contributed by atoms with Crippen molar-refractivity contribution in [2.45, 2.75) is 12.1 Å². The highest BCUT2D eigenvalue weighted by Crippen LogP contribution is 2.19. The Morgan fingerprint density at radius 2 is 1.93 bits per heavy atom. The van der Waals surface area contributed by atoms with E-state index in [2.05, 4.69) is 15.5 Å². The summed E-state index contributed by atoms with van der Waals surface area (Å²) in [6.45, 7) is 2.04. The summed E-state index contributed by atoms with van der Waals surface area (Å²) in [5, 5.41) is 11.3. The smallest absolute Gasteiger partial charge is 0.320 e. The summed E-state index contributed by atoms with van der Waals surface area (Å²) in [7, 11) is 0. The van der Waals surface area contributed by atoms with Crippen molar-refractivity contribution in [3.63, 3.8) is 0 Å². The van der Waals surface area contributed by atoms with Gasteiger partial charge in [-0.05, 0) is 25.3 Å². The number of anilines is 2. The highest BCUT2D eigenvalue weighted by molar-refractivity contribution is 7.98. The minimum Gasteiger partial charge on any atom is -0.398 e. The third kappa shape index (κ3) is 2.50. The largest absolute Gasteiger partial charge is 0.398 e. The molecule has 0 atom stereocenters. The summed E-state index contributed by atoms with van der Waals surface area (Å²) in [6, 6.07) is 8.40. The third-order valence-electron chi connectivity index (χ3n) is 1.88. The second-order valence-corrected chi connectivity index (χ2v) is 3.83. The second kappa shape index (κ2) is 4.35. The summed E-state index contributed by atoms with van der Waals surface area (Å²) in [5.74, 6) is 0. The van der Waals surface area contributed by atoms with Gasteiger partial charge in [0.25, 0.3) is 5.22 Å². The number of rotatable bonds is 3. The zero-order valence-corrected chi connectivity index (χ0v) is 9.34. The molecule has 0 aliphatic rings. The molecule has 0 amide bonds. The van der Waals surface area contributed by atoms with Crippen molar-refractivity contribution < 1.29 is 4.42 Å². The number of nitrogens with zero attached hydrogens (tertiary/aromatic N) is 2. The molecule has 5 heteroatoms. The molecule has 0 radical (unpaired) electrons. The van der Waals surface area contributed by atoms with E-state index < -0.39 is 0 Å². The molecule has 0 saturated heterocycles. The van der Waals surface area contributed by atoms with E-state index in [1.165, 1.54) is 17.3 Å². The molecule has 0 unspecified atom stereocenters. The SMILES string of the molecule is CSc1nnc(Nc2ccc(C)cc2)o1. The number of aromatic nitrogens is 2. The maximum absolute atomic E-state index is 5.30.